The molecule has 0 amide bonds. The lowest BCUT2D eigenvalue weighted by molar-refractivity contribution is 0.0710. The second-order valence-electron chi connectivity index (χ2n) is 6.49. The summed E-state index contributed by atoms with van der Waals surface area (Å²) < 4.78 is 0. The maximum absolute atomic E-state index is 2.71. The van der Waals surface area contributed by atoms with Crippen molar-refractivity contribution in [2.75, 3.05) is 13.1 Å². The molecule has 0 spiro atoms. The zero-order chi connectivity index (χ0) is 11.2. The number of fused-ring (bicyclic) bond motifs is 2. The fourth-order valence-electron chi connectivity index (χ4n) is 3.41. The van der Waals surface area contributed by atoms with Crippen LogP contribution >= 0.6 is 0 Å². The molecule has 15 heavy (non-hydrogen) atoms. The maximum Gasteiger partial charge on any atom is 0.0243 e. The predicted molar refractivity (Wildman–Crippen MR) is 65.1 cm³/mol. The van der Waals surface area contributed by atoms with E-state index in [4.69, 9.17) is 0 Å². The number of rotatable bonds is 1. The van der Waals surface area contributed by atoms with Crippen LogP contribution < -0.4 is 0 Å². The Kier molecular flexibility index (Phi) is 2.85. The van der Waals surface area contributed by atoms with Gasteiger partial charge in [-0.3, -0.25) is 9.80 Å². The molecule has 2 bridgehead atoms. The minimum atomic E-state index is 0.350. The van der Waals surface area contributed by atoms with Crippen LogP contribution in [0.2, 0.25) is 0 Å². The van der Waals surface area contributed by atoms with Crippen LogP contribution in [-0.2, 0) is 0 Å². The molecule has 2 heteroatoms. The van der Waals surface area contributed by atoms with Crippen LogP contribution in [0.1, 0.15) is 47.5 Å². The highest BCUT2D eigenvalue weighted by atomic mass is 15.3. The van der Waals surface area contributed by atoms with Crippen molar-refractivity contribution in [3.63, 3.8) is 0 Å². The van der Waals surface area contributed by atoms with Crippen molar-refractivity contribution in [3.05, 3.63) is 0 Å². The Hall–Kier alpha value is -0.0800. The lowest BCUT2D eigenvalue weighted by Gasteiger charge is -2.42. The van der Waals surface area contributed by atoms with Crippen molar-refractivity contribution in [2.45, 2.75) is 71.1 Å². The Bertz CT molecular complexity index is 229. The Morgan fingerprint density at radius 1 is 1.13 bits per heavy atom. The Labute approximate surface area is 94.6 Å². The van der Waals surface area contributed by atoms with Gasteiger partial charge in [-0.25, -0.2) is 0 Å². The molecule has 2 heterocycles. The number of hydrogen-bond donors (Lipinski definition) is 0. The second-order valence-corrected chi connectivity index (χ2v) is 6.49. The minimum absolute atomic E-state index is 0.350. The van der Waals surface area contributed by atoms with Gasteiger partial charge in [-0.05, 0) is 47.5 Å². The first-order valence-electron chi connectivity index (χ1n) is 6.42. The molecule has 2 aliphatic heterocycles. The van der Waals surface area contributed by atoms with E-state index in [-0.39, 0.29) is 0 Å². The third-order valence-electron chi connectivity index (χ3n) is 4.10. The van der Waals surface area contributed by atoms with Crippen molar-refractivity contribution < 1.29 is 0 Å². The van der Waals surface area contributed by atoms with Crippen LogP contribution in [0.5, 0.6) is 0 Å². The molecule has 2 aliphatic rings. The Balaban J connectivity index is 2.08. The van der Waals surface area contributed by atoms with Crippen molar-refractivity contribution in [3.8, 4) is 0 Å². The van der Waals surface area contributed by atoms with Crippen molar-refractivity contribution in [1.82, 2.24) is 9.80 Å². The zero-order valence-corrected chi connectivity index (χ0v) is 11.0. The molecule has 2 rings (SSSR count). The fraction of sp³-hybridized carbons (Fsp3) is 1.00. The molecule has 2 fully saturated rings. The summed E-state index contributed by atoms with van der Waals surface area (Å²) >= 11 is 0. The fourth-order valence-corrected chi connectivity index (χ4v) is 3.41. The van der Waals surface area contributed by atoms with E-state index in [1.807, 2.05) is 0 Å². The van der Waals surface area contributed by atoms with E-state index in [2.05, 4.69) is 44.4 Å². The van der Waals surface area contributed by atoms with Gasteiger partial charge in [-0.15, -0.1) is 0 Å². The Morgan fingerprint density at radius 3 is 2.33 bits per heavy atom. The summed E-state index contributed by atoms with van der Waals surface area (Å²) in [7, 11) is 0. The van der Waals surface area contributed by atoms with Crippen LogP contribution in [0.3, 0.4) is 0 Å². The van der Waals surface area contributed by atoms with Gasteiger partial charge in [0, 0.05) is 36.8 Å². The number of piperidine rings is 1. The van der Waals surface area contributed by atoms with Crippen LogP contribution in [0, 0.1) is 0 Å². The SMILES string of the molecule is CC(C)N1CC2CC1CCN2C(C)(C)C. The molecule has 0 aromatic rings. The quantitative estimate of drug-likeness (QED) is 0.655. The van der Waals surface area contributed by atoms with E-state index in [0.29, 0.717) is 5.54 Å². The first-order valence-corrected chi connectivity index (χ1v) is 6.42. The van der Waals surface area contributed by atoms with E-state index in [0.717, 1.165) is 18.1 Å². The normalized spacial score (nSPS) is 34.0. The lowest BCUT2D eigenvalue weighted by Crippen LogP contribution is -2.51. The third-order valence-corrected chi connectivity index (χ3v) is 4.10. The molecule has 0 aromatic heterocycles. The average molecular weight is 210 g/mol. The van der Waals surface area contributed by atoms with Crippen molar-refractivity contribution in [2.24, 2.45) is 0 Å². The largest absolute Gasteiger partial charge is 0.296 e. The predicted octanol–water partition coefficient (Wildman–Crippen LogP) is 2.34. The van der Waals surface area contributed by atoms with Crippen LogP contribution in [0.15, 0.2) is 0 Å². The average Bonchev–Trinajstić information content (AvgIpc) is 2.41. The topological polar surface area (TPSA) is 6.48 Å². The standard InChI is InChI=1S/C13H26N2/c1-10(2)14-9-12-8-11(14)6-7-15(12)13(3,4)5/h10-12H,6-9H2,1-5H3. The molecule has 0 aliphatic carbocycles. The highest BCUT2D eigenvalue weighted by Gasteiger charge is 2.43. The van der Waals surface area contributed by atoms with Crippen molar-refractivity contribution in [1.29, 1.82) is 0 Å². The lowest BCUT2D eigenvalue weighted by atomic mass is 9.95. The van der Waals surface area contributed by atoms with Gasteiger partial charge in [0.05, 0.1) is 0 Å². The second kappa shape index (κ2) is 3.74. The van der Waals surface area contributed by atoms with Gasteiger partial charge in [0.15, 0.2) is 0 Å². The third kappa shape index (κ3) is 2.07. The molecule has 2 atom stereocenters. The van der Waals surface area contributed by atoms with Gasteiger partial charge in [0.2, 0.25) is 0 Å². The maximum atomic E-state index is 2.71. The monoisotopic (exact) mass is 210 g/mol. The molecular formula is C13H26N2. The number of likely N-dealkylation sites (tertiary alicyclic amines) is 2. The van der Waals surface area contributed by atoms with E-state index in [1.54, 1.807) is 0 Å². The highest BCUT2D eigenvalue weighted by Crippen LogP contribution is 2.34. The molecule has 0 saturated carbocycles. The van der Waals surface area contributed by atoms with Gasteiger partial charge < -0.3 is 0 Å². The molecule has 2 unspecified atom stereocenters. The van der Waals surface area contributed by atoms with Gasteiger partial charge in [-0.2, -0.15) is 0 Å². The minimum Gasteiger partial charge on any atom is -0.296 e. The summed E-state index contributed by atoms with van der Waals surface area (Å²) in [5.41, 5.74) is 0.350. The molecule has 0 N–H and O–H groups in total. The van der Waals surface area contributed by atoms with Gasteiger partial charge in [-0.1, -0.05) is 0 Å². The van der Waals surface area contributed by atoms with Crippen LogP contribution in [0.4, 0.5) is 0 Å². The summed E-state index contributed by atoms with van der Waals surface area (Å²) in [5.74, 6) is 0. The summed E-state index contributed by atoms with van der Waals surface area (Å²) in [4.78, 5) is 5.42. The molecule has 88 valence electrons. The first kappa shape index (κ1) is 11.4. The zero-order valence-electron chi connectivity index (χ0n) is 11.0. The van der Waals surface area contributed by atoms with E-state index in [9.17, 15) is 0 Å². The molecule has 2 nitrogen and oxygen atoms in total. The summed E-state index contributed by atoms with van der Waals surface area (Å²) in [6, 6.07) is 2.40. The van der Waals surface area contributed by atoms with Crippen LogP contribution in [0.25, 0.3) is 0 Å². The molecular weight excluding hydrogens is 184 g/mol. The molecule has 0 radical (unpaired) electrons. The van der Waals surface area contributed by atoms with E-state index < -0.39 is 0 Å². The van der Waals surface area contributed by atoms with E-state index >= 15 is 0 Å². The van der Waals surface area contributed by atoms with E-state index in [1.165, 1.54) is 25.9 Å². The highest BCUT2D eigenvalue weighted by molar-refractivity contribution is 4.99. The first-order chi connectivity index (χ1) is 6.89. The smallest absolute Gasteiger partial charge is 0.0243 e. The molecule has 0 aromatic carbocycles. The summed E-state index contributed by atoms with van der Waals surface area (Å²) in [5, 5.41) is 0. The summed E-state index contributed by atoms with van der Waals surface area (Å²) in [6.45, 7) is 14.3. The molecule has 2 saturated heterocycles. The van der Waals surface area contributed by atoms with Crippen molar-refractivity contribution >= 4 is 0 Å². The number of hydrogen-bond acceptors (Lipinski definition) is 2. The van der Waals surface area contributed by atoms with Crippen LogP contribution in [-0.4, -0.2) is 46.6 Å². The van der Waals surface area contributed by atoms with Gasteiger partial charge in [0.1, 0.15) is 0 Å². The van der Waals surface area contributed by atoms with Gasteiger partial charge in [0.25, 0.3) is 0 Å². The Morgan fingerprint density at radius 2 is 1.80 bits per heavy atom. The summed E-state index contributed by atoms with van der Waals surface area (Å²) in [6.07, 6.45) is 2.77. The van der Waals surface area contributed by atoms with Gasteiger partial charge >= 0.3 is 0 Å². The number of nitrogens with zero attached hydrogens (tertiary/aromatic N) is 2.